The zero-order valence-corrected chi connectivity index (χ0v) is 12.1. The predicted octanol–water partition coefficient (Wildman–Crippen LogP) is 1.86. The van der Waals surface area contributed by atoms with Crippen LogP contribution >= 0.6 is 11.3 Å². The summed E-state index contributed by atoms with van der Waals surface area (Å²) in [6, 6.07) is 1.87. The highest BCUT2D eigenvalue weighted by Crippen LogP contribution is 2.15. The van der Waals surface area contributed by atoms with Crippen molar-refractivity contribution in [2.24, 2.45) is 0 Å². The molecule has 106 valence electrons. The molecular formula is C14H17N3O2S. The van der Waals surface area contributed by atoms with Crippen molar-refractivity contribution in [3.63, 3.8) is 0 Å². The van der Waals surface area contributed by atoms with Crippen LogP contribution in [0.25, 0.3) is 10.1 Å². The fraction of sp³-hybridized carbons (Fsp3) is 0.500. The third-order valence-electron chi connectivity index (χ3n) is 3.70. The Balaban J connectivity index is 1.79. The van der Waals surface area contributed by atoms with E-state index in [0.717, 1.165) is 31.3 Å². The van der Waals surface area contributed by atoms with Crippen molar-refractivity contribution in [2.45, 2.75) is 32.2 Å². The maximum Gasteiger partial charge on any atom is 0.285 e. The standard InChI is InChI=1S/C14H17N3O2S/c18-12(16-6-3-1-2-4-7-16)10-17-14(19)13-11(9-15-17)5-8-20-13/h5,8-9H,1-4,6-7,10H2. The lowest BCUT2D eigenvalue weighted by atomic mass is 10.2. The van der Waals surface area contributed by atoms with E-state index < -0.39 is 0 Å². The minimum Gasteiger partial charge on any atom is -0.341 e. The van der Waals surface area contributed by atoms with E-state index in [1.54, 1.807) is 6.20 Å². The summed E-state index contributed by atoms with van der Waals surface area (Å²) in [5.41, 5.74) is -0.166. The molecule has 0 spiro atoms. The Bertz CT molecular complexity index is 668. The second kappa shape index (κ2) is 5.75. The highest BCUT2D eigenvalue weighted by atomic mass is 32.1. The van der Waals surface area contributed by atoms with Gasteiger partial charge in [0.25, 0.3) is 5.56 Å². The van der Waals surface area contributed by atoms with Crippen molar-refractivity contribution in [1.82, 2.24) is 14.7 Å². The van der Waals surface area contributed by atoms with E-state index in [2.05, 4.69) is 5.10 Å². The Morgan fingerprint density at radius 1 is 1.25 bits per heavy atom. The third-order valence-corrected chi connectivity index (χ3v) is 4.62. The van der Waals surface area contributed by atoms with Crippen LogP contribution in [0, 0.1) is 0 Å². The summed E-state index contributed by atoms with van der Waals surface area (Å²) in [7, 11) is 0. The smallest absolute Gasteiger partial charge is 0.285 e. The number of hydrogen-bond acceptors (Lipinski definition) is 4. The molecule has 1 aliphatic rings. The molecule has 0 aliphatic carbocycles. The molecule has 0 N–H and O–H groups in total. The Hall–Kier alpha value is -1.69. The van der Waals surface area contributed by atoms with Gasteiger partial charge in [0, 0.05) is 18.5 Å². The number of aromatic nitrogens is 2. The Morgan fingerprint density at radius 2 is 2.00 bits per heavy atom. The van der Waals surface area contributed by atoms with Crippen molar-refractivity contribution < 1.29 is 4.79 Å². The Kier molecular flexibility index (Phi) is 3.82. The van der Waals surface area contributed by atoms with Crippen LogP contribution in [0.4, 0.5) is 0 Å². The van der Waals surface area contributed by atoms with Gasteiger partial charge in [0.05, 0.1) is 6.20 Å². The molecule has 1 fully saturated rings. The normalized spacial score (nSPS) is 16.3. The average molecular weight is 291 g/mol. The van der Waals surface area contributed by atoms with Gasteiger partial charge in [-0.2, -0.15) is 5.10 Å². The van der Waals surface area contributed by atoms with Gasteiger partial charge in [-0.05, 0) is 24.3 Å². The molecule has 5 nitrogen and oxygen atoms in total. The van der Waals surface area contributed by atoms with Gasteiger partial charge in [0.1, 0.15) is 11.2 Å². The highest BCUT2D eigenvalue weighted by Gasteiger charge is 2.17. The largest absolute Gasteiger partial charge is 0.341 e. The summed E-state index contributed by atoms with van der Waals surface area (Å²) in [6.45, 7) is 1.65. The second-order valence-electron chi connectivity index (χ2n) is 5.11. The molecule has 0 unspecified atom stereocenters. The maximum absolute atomic E-state index is 12.3. The van der Waals surface area contributed by atoms with Crippen LogP contribution in [0.15, 0.2) is 22.4 Å². The minimum absolute atomic E-state index is 0.00240. The Labute approximate surface area is 120 Å². The van der Waals surface area contributed by atoms with E-state index in [4.69, 9.17) is 0 Å². The molecule has 0 bridgehead atoms. The molecule has 3 rings (SSSR count). The first-order chi connectivity index (χ1) is 9.75. The second-order valence-corrected chi connectivity index (χ2v) is 6.02. The van der Waals surface area contributed by atoms with Crippen LogP contribution in [0.3, 0.4) is 0 Å². The van der Waals surface area contributed by atoms with E-state index >= 15 is 0 Å². The molecular weight excluding hydrogens is 274 g/mol. The van der Waals surface area contributed by atoms with Gasteiger partial charge in [-0.1, -0.05) is 12.8 Å². The van der Waals surface area contributed by atoms with E-state index in [1.165, 1.54) is 28.9 Å². The van der Waals surface area contributed by atoms with Crippen molar-refractivity contribution >= 4 is 27.3 Å². The average Bonchev–Trinajstić information content (AvgIpc) is 2.76. The van der Waals surface area contributed by atoms with Crippen molar-refractivity contribution in [3.05, 3.63) is 28.0 Å². The molecule has 20 heavy (non-hydrogen) atoms. The van der Waals surface area contributed by atoms with E-state index in [-0.39, 0.29) is 18.0 Å². The van der Waals surface area contributed by atoms with Gasteiger partial charge in [0.15, 0.2) is 0 Å². The number of likely N-dealkylation sites (tertiary alicyclic amines) is 1. The van der Waals surface area contributed by atoms with Gasteiger partial charge < -0.3 is 4.90 Å². The molecule has 0 saturated carbocycles. The molecule has 0 radical (unpaired) electrons. The summed E-state index contributed by atoms with van der Waals surface area (Å²) >= 11 is 1.40. The molecule has 1 amide bonds. The number of nitrogens with zero attached hydrogens (tertiary/aromatic N) is 3. The van der Waals surface area contributed by atoms with Crippen LogP contribution in [0.5, 0.6) is 0 Å². The third kappa shape index (κ3) is 2.60. The SMILES string of the molecule is O=C(Cn1ncc2ccsc2c1=O)N1CCCCCC1. The number of carbonyl (C=O) groups excluding carboxylic acids is 1. The van der Waals surface area contributed by atoms with E-state index in [1.807, 2.05) is 16.3 Å². The zero-order chi connectivity index (χ0) is 13.9. The number of hydrogen-bond donors (Lipinski definition) is 0. The summed E-state index contributed by atoms with van der Waals surface area (Å²) < 4.78 is 1.95. The molecule has 3 heterocycles. The van der Waals surface area contributed by atoms with Crippen LogP contribution in [0.2, 0.25) is 0 Å². The molecule has 2 aromatic heterocycles. The van der Waals surface area contributed by atoms with Gasteiger partial charge in [0.2, 0.25) is 5.91 Å². The molecule has 1 aliphatic heterocycles. The summed E-state index contributed by atoms with van der Waals surface area (Å²) in [4.78, 5) is 26.4. The predicted molar refractivity (Wildman–Crippen MR) is 78.9 cm³/mol. The first-order valence-electron chi connectivity index (χ1n) is 6.97. The highest BCUT2D eigenvalue weighted by molar-refractivity contribution is 7.17. The monoisotopic (exact) mass is 291 g/mol. The number of carbonyl (C=O) groups is 1. The minimum atomic E-state index is -0.166. The molecule has 0 atom stereocenters. The molecule has 0 aromatic carbocycles. The van der Waals surface area contributed by atoms with E-state index in [0.29, 0.717) is 4.70 Å². The van der Waals surface area contributed by atoms with Gasteiger partial charge in [-0.25, -0.2) is 4.68 Å². The number of amides is 1. The fourth-order valence-electron chi connectivity index (χ4n) is 2.56. The first kappa shape index (κ1) is 13.3. The van der Waals surface area contributed by atoms with Crippen molar-refractivity contribution in [1.29, 1.82) is 0 Å². The maximum atomic E-state index is 12.3. The first-order valence-corrected chi connectivity index (χ1v) is 7.85. The lowest BCUT2D eigenvalue weighted by Crippen LogP contribution is -2.37. The number of rotatable bonds is 2. The van der Waals surface area contributed by atoms with Gasteiger partial charge in [-0.15, -0.1) is 11.3 Å². The molecule has 6 heteroatoms. The van der Waals surface area contributed by atoms with Gasteiger partial charge in [-0.3, -0.25) is 9.59 Å². The van der Waals surface area contributed by atoms with Crippen LogP contribution < -0.4 is 5.56 Å². The quantitative estimate of drug-likeness (QED) is 0.848. The lowest BCUT2D eigenvalue weighted by molar-refractivity contribution is -0.132. The van der Waals surface area contributed by atoms with Crippen LogP contribution in [0.1, 0.15) is 25.7 Å². The number of fused-ring (bicyclic) bond motifs is 1. The molecule has 2 aromatic rings. The summed E-state index contributed by atoms with van der Waals surface area (Å²) in [5, 5.41) is 6.82. The lowest BCUT2D eigenvalue weighted by Gasteiger charge is -2.20. The fourth-order valence-corrected chi connectivity index (χ4v) is 3.37. The summed E-state index contributed by atoms with van der Waals surface area (Å²) in [6.07, 6.45) is 6.13. The van der Waals surface area contributed by atoms with Crippen LogP contribution in [-0.4, -0.2) is 33.7 Å². The number of thiophene rings is 1. The van der Waals surface area contributed by atoms with Crippen LogP contribution in [-0.2, 0) is 11.3 Å². The van der Waals surface area contributed by atoms with Gasteiger partial charge >= 0.3 is 0 Å². The topological polar surface area (TPSA) is 55.2 Å². The van der Waals surface area contributed by atoms with E-state index in [9.17, 15) is 9.59 Å². The van der Waals surface area contributed by atoms with Crippen molar-refractivity contribution in [2.75, 3.05) is 13.1 Å². The molecule has 1 saturated heterocycles. The summed E-state index contributed by atoms with van der Waals surface area (Å²) in [5.74, 6) is -0.00240. The van der Waals surface area contributed by atoms with Crippen molar-refractivity contribution in [3.8, 4) is 0 Å². The zero-order valence-electron chi connectivity index (χ0n) is 11.2. The Morgan fingerprint density at radius 3 is 2.75 bits per heavy atom.